The molecule has 1 aliphatic rings. The maximum absolute atomic E-state index is 13.1. The highest BCUT2D eigenvalue weighted by Crippen LogP contribution is 2.26. The van der Waals surface area contributed by atoms with Gasteiger partial charge in [0.1, 0.15) is 0 Å². The maximum Gasteiger partial charge on any atom is 0.253 e. The van der Waals surface area contributed by atoms with Crippen LogP contribution in [0.1, 0.15) is 17.3 Å². The van der Waals surface area contributed by atoms with Crippen LogP contribution in [-0.4, -0.2) is 53.5 Å². The molecule has 0 bridgehead atoms. The van der Waals surface area contributed by atoms with Crippen LogP contribution in [0.5, 0.6) is 5.75 Å². The Morgan fingerprint density at radius 3 is 2.25 bits per heavy atom. The Morgan fingerprint density at radius 2 is 1.67 bits per heavy atom. The first-order chi connectivity index (χ1) is 11.6. The van der Waals surface area contributed by atoms with Crippen LogP contribution in [0.25, 0.3) is 11.1 Å². The van der Waals surface area contributed by atoms with E-state index in [0.29, 0.717) is 11.1 Å². The zero-order valence-electron chi connectivity index (χ0n) is 13.7. The largest absolute Gasteiger partial charge is 0.505 e. The van der Waals surface area contributed by atoms with Crippen LogP contribution in [-0.2, 0) is 0 Å². The number of amides is 1. The number of halogens is 1. The van der Waals surface area contributed by atoms with Crippen molar-refractivity contribution >= 4 is 5.91 Å². The standard InChI is InChI=1S/C19H21FN2O2/c1-2-21-9-11-22(12-10-21)19(24)15-5-3-14(4-6-15)16-7-8-17(20)18(23)13-16/h3-8,13,23H,2,9-12H2,1H3. The Balaban J connectivity index is 1.72. The summed E-state index contributed by atoms with van der Waals surface area (Å²) in [5, 5.41) is 9.48. The SMILES string of the molecule is CCN1CCN(C(=O)c2ccc(-c3ccc(F)c(O)c3)cc2)CC1. The number of carbonyl (C=O) groups excluding carboxylic acids is 1. The number of benzene rings is 2. The smallest absolute Gasteiger partial charge is 0.253 e. The average Bonchev–Trinajstić information content (AvgIpc) is 2.63. The minimum Gasteiger partial charge on any atom is -0.505 e. The molecule has 4 nitrogen and oxygen atoms in total. The van der Waals surface area contributed by atoms with Crippen molar-refractivity contribution in [1.82, 2.24) is 9.80 Å². The van der Waals surface area contributed by atoms with Gasteiger partial charge in [0.2, 0.25) is 0 Å². The fourth-order valence-electron chi connectivity index (χ4n) is 2.95. The third kappa shape index (κ3) is 3.41. The van der Waals surface area contributed by atoms with Gasteiger partial charge in [0.05, 0.1) is 0 Å². The van der Waals surface area contributed by atoms with Crippen LogP contribution in [0.3, 0.4) is 0 Å². The topological polar surface area (TPSA) is 43.8 Å². The molecule has 1 saturated heterocycles. The van der Waals surface area contributed by atoms with E-state index in [2.05, 4.69) is 11.8 Å². The van der Waals surface area contributed by atoms with Gasteiger partial charge in [-0.1, -0.05) is 25.1 Å². The van der Waals surface area contributed by atoms with Crippen molar-refractivity contribution in [3.63, 3.8) is 0 Å². The first-order valence-electron chi connectivity index (χ1n) is 8.19. The Kier molecular flexibility index (Phi) is 4.81. The highest BCUT2D eigenvalue weighted by molar-refractivity contribution is 5.94. The summed E-state index contributed by atoms with van der Waals surface area (Å²) >= 11 is 0. The van der Waals surface area contributed by atoms with Crippen LogP contribution in [0, 0.1) is 5.82 Å². The van der Waals surface area contributed by atoms with Crippen molar-refractivity contribution < 1.29 is 14.3 Å². The number of nitrogens with zero attached hydrogens (tertiary/aromatic N) is 2. The summed E-state index contributed by atoms with van der Waals surface area (Å²) < 4.78 is 13.1. The molecule has 2 aromatic rings. The second-order valence-electron chi connectivity index (χ2n) is 5.97. The molecule has 2 aromatic carbocycles. The van der Waals surface area contributed by atoms with E-state index in [-0.39, 0.29) is 11.7 Å². The zero-order chi connectivity index (χ0) is 17.1. The fourth-order valence-corrected chi connectivity index (χ4v) is 2.95. The van der Waals surface area contributed by atoms with Crippen molar-refractivity contribution in [2.75, 3.05) is 32.7 Å². The van der Waals surface area contributed by atoms with E-state index in [0.717, 1.165) is 38.3 Å². The van der Waals surface area contributed by atoms with E-state index in [1.54, 1.807) is 18.2 Å². The number of hydrogen-bond donors (Lipinski definition) is 1. The molecule has 1 heterocycles. The van der Waals surface area contributed by atoms with Gasteiger partial charge in [-0.05, 0) is 41.9 Å². The number of phenols is 1. The predicted molar refractivity (Wildman–Crippen MR) is 91.5 cm³/mol. The highest BCUT2D eigenvalue weighted by Gasteiger charge is 2.21. The van der Waals surface area contributed by atoms with Gasteiger partial charge in [0, 0.05) is 31.7 Å². The molecule has 0 atom stereocenters. The van der Waals surface area contributed by atoms with E-state index < -0.39 is 5.82 Å². The zero-order valence-corrected chi connectivity index (χ0v) is 13.7. The number of phenolic OH excluding ortho intramolecular Hbond substituents is 1. The lowest BCUT2D eigenvalue weighted by Crippen LogP contribution is -2.48. The molecule has 5 heteroatoms. The lowest BCUT2D eigenvalue weighted by Gasteiger charge is -2.34. The molecule has 1 fully saturated rings. The van der Waals surface area contributed by atoms with Crippen LogP contribution < -0.4 is 0 Å². The van der Waals surface area contributed by atoms with Crippen molar-refractivity contribution in [3.05, 3.63) is 53.8 Å². The Bertz CT molecular complexity index is 723. The van der Waals surface area contributed by atoms with E-state index in [1.807, 2.05) is 17.0 Å². The molecule has 0 saturated carbocycles. The second-order valence-corrected chi connectivity index (χ2v) is 5.97. The molecule has 24 heavy (non-hydrogen) atoms. The first kappa shape index (κ1) is 16.5. The van der Waals surface area contributed by atoms with E-state index in [1.165, 1.54) is 12.1 Å². The maximum atomic E-state index is 13.1. The molecule has 3 rings (SSSR count). The van der Waals surface area contributed by atoms with Gasteiger partial charge in [0.25, 0.3) is 5.91 Å². The first-order valence-corrected chi connectivity index (χ1v) is 8.19. The van der Waals surface area contributed by atoms with Gasteiger partial charge < -0.3 is 14.9 Å². The number of aromatic hydroxyl groups is 1. The Labute approximate surface area is 141 Å². The molecule has 1 N–H and O–H groups in total. The summed E-state index contributed by atoms with van der Waals surface area (Å²) in [6, 6.07) is 11.4. The quantitative estimate of drug-likeness (QED) is 0.942. The fraction of sp³-hybridized carbons (Fsp3) is 0.316. The molecule has 0 spiro atoms. The minimum absolute atomic E-state index is 0.0410. The lowest BCUT2D eigenvalue weighted by atomic mass is 10.0. The van der Waals surface area contributed by atoms with Crippen molar-refractivity contribution in [3.8, 4) is 16.9 Å². The average molecular weight is 328 g/mol. The molecular formula is C19H21FN2O2. The van der Waals surface area contributed by atoms with Gasteiger partial charge >= 0.3 is 0 Å². The van der Waals surface area contributed by atoms with Gasteiger partial charge in [-0.25, -0.2) is 4.39 Å². The summed E-state index contributed by atoms with van der Waals surface area (Å²) in [6.07, 6.45) is 0. The summed E-state index contributed by atoms with van der Waals surface area (Å²) in [5.41, 5.74) is 2.19. The third-order valence-electron chi connectivity index (χ3n) is 4.52. The molecule has 0 radical (unpaired) electrons. The van der Waals surface area contributed by atoms with Crippen molar-refractivity contribution in [2.24, 2.45) is 0 Å². The predicted octanol–water partition coefficient (Wildman–Crippen LogP) is 2.98. The lowest BCUT2D eigenvalue weighted by molar-refractivity contribution is 0.0643. The molecule has 1 aliphatic heterocycles. The Morgan fingerprint density at radius 1 is 1.04 bits per heavy atom. The molecular weight excluding hydrogens is 307 g/mol. The van der Waals surface area contributed by atoms with Gasteiger partial charge in [-0.2, -0.15) is 0 Å². The summed E-state index contributed by atoms with van der Waals surface area (Å²) in [5.74, 6) is -0.975. The van der Waals surface area contributed by atoms with Crippen LogP contribution >= 0.6 is 0 Å². The summed E-state index contributed by atoms with van der Waals surface area (Å²) in [6.45, 7) is 6.47. The summed E-state index contributed by atoms with van der Waals surface area (Å²) in [7, 11) is 0. The monoisotopic (exact) mass is 328 g/mol. The van der Waals surface area contributed by atoms with Crippen molar-refractivity contribution in [2.45, 2.75) is 6.92 Å². The normalized spacial score (nSPS) is 15.5. The number of rotatable bonds is 3. The highest BCUT2D eigenvalue weighted by atomic mass is 19.1. The molecule has 1 amide bonds. The second kappa shape index (κ2) is 7.01. The molecule has 126 valence electrons. The van der Waals surface area contributed by atoms with Gasteiger partial charge in [0.15, 0.2) is 11.6 Å². The molecule has 0 aromatic heterocycles. The molecule has 0 unspecified atom stereocenters. The Hall–Kier alpha value is -2.40. The minimum atomic E-state index is -0.642. The molecule has 0 aliphatic carbocycles. The third-order valence-corrected chi connectivity index (χ3v) is 4.52. The van der Waals surface area contributed by atoms with Crippen molar-refractivity contribution in [1.29, 1.82) is 0 Å². The van der Waals surface area contributed by atoms with Crippen LogP contribution in [0.15, 0.2) is 42.5 Å². The number of hydrogen-bond acceptors (Lipinski definition) is 3. The van der Waals surface area contributed by atoms with E-state index >= 15 is 0 Å². The summed E-state index contributed by atoms with van der Waals surface area (Å²) in [4.78, 5) is 16.8. The van der Waals surface area contributed by atoms with E-state index in [9.17, 15) is 14.3 Å². The number of carbonyl (C=O) groups is 1. The van der Waals surface area contributed by atoms with Gasteiger partial charge in [-0.15, -0.1) is 0 Å². The van der Waals surface area contributed by atoms with E-state index in [4.69, 9.17) is 0 Å². The number of likely N-dealkylation sites (N-methyl/N-ethyl adjacent to an activating group) is 1. The number of piperazine rings is 1. The van der Waals surface area contributed by atoms with Gasteiger partial charge in [-0.3, -0.25) is 4.79 Å². The van der Waals surface area contributed by atoms with Crippen LogP contribution in [0.2, 0.25) is 0 Å². The van der Waals surface area contributed by atoms with Crippen LogP contribution in [0.4, 0.5) is 4.39 Å².